The van der Waals surface area contributed by atoms with E-state index in [0.29, 0.717) is 11.9 Å². The van der Waals surface area contributed by atoms with E-state index in [1.54, 1.807) is 6.20 Å². The summed E-state index contributed by atoms with van der Waals surface area (Å²) in [7, 11) is 0. The first-order chi connectivity index (χ1) is 14.8. The molecule has 2 aliphatic rings. The van der Waals surface area contributed by atoms with Crippen molar-refractivity contribution < 1.29 is 9.15 Å². The Morgan fingerprint density at radius 1 is 1.10 bits per heavy atom. The number of fused-ring (bicyclic) bond motifs is 1. The molecule has 0 amide bonds. The summed E-state index contributed by atoms with van der Waals surface area (Å²) in [5.41, 5.74) is 4.20. The Morgan fingerprint density at radius 3 is 2.77 bits per heavy atom. The normalized spacial score (nSPS) is 16.8. The predicted molar refractivity (Wildman–Crippen MR) is 115 cm³/mol. The van der Waals surface area contributed by atoms with Crippen molar-refractivity contribution in [1.29, 1.82) is 0 Å². The topological polar surface area (TPSA) is 97.1 Å². The maximum Gasteiger partial charge on any atom is 0.229 e. The van der Waals surface area contributed by atoms with Crippen molar-refractivity contribution in [3.05, 3.63) is 48.1 Å². The second kappa shape index (κ2) is 8.81. The molecule has 1 saturated heterocycles. The third-order valence-electron chi connectivity index (χ3n) is 5.69. The molecule has 0 unspecified atom stereocenters. The average molecular weight is 406 g/mol. The third kappa shape index (κ3) is 4.29. The summed E-state index contributed by atoms with van der Waals surface area (Å²) in [6.45, 7) is 4.36. The van der Waals surface area contributed by atoms with E-state index in [4.69, 9.17) is 19.1 Å². The molecule has 2 aliphatic heterocycles. The van der Waals surface area contributed by atoms with E-state index < -0.39 is 0 Å². The van der Waals surface area contributed by atoms with Gasteiger partial charge in [0.25, 0.3) is 0 Å². The van der Waals surface area contributed by atoms with E-state index in [9.17, 15) is 0 Å². The monoisotopic (exact) mass is 406 g/mol. The van der Waals surface area contributed by atoms with Gasteiger partial charge in [-0.2, -0.15) is 4.98 Å². The van der Waals surface area contributed by atoms with Crippen molar-refractivity contribution in [3.63, 3.8) is 0 Å². The van der Waals surface area contributed by atoms with Gasteiger partial charge in [-0.05, 0) is 43.0 Å². The number of anilines is 3. The van der Waals surface area contributed by atoms with Crippen molar-refractivity contribution in [2.75, 3.05) is 36.9 Å². The number of oxazole rings is 1. The van der Waals surface area contributed by atoms with Crippen LogP contribution in [-0.4, -0.2) is 41.3 Å². The van der Waals surface area contributed by atoms with Gasteiger partial charge in [0.1, 0.15) is 5.82 Å². The number of rotatable bonds is 6. The fourth-order valence-corrected chi connectivity index (χ4v) is 3.94. The van der Waals surface area contributed by atoms with Crippen LogP contribution in [0.3, 0.4) is 0 Å². The molecule has 0 atom stereocenters. The molecule has 8 heteroatoms. The summed E-state index contributed by atoms with van der Waals surface area (Å²) in [6.07, 6.45) is 6.25. The van der Waals surface area contributed by atoms with Crippen molar-refractivity contribution >= 4 is 17.5 Å². The van der Waals surface area contributed by atoms with Gasteiger partial charge < -0.3 is 25.1 Å². The van der Waals surface area contributed by atoms with Gasteiger partial charge >= 0.3 is 0 Å². The summed E-state index contributed by atoms with van der Waals surface area (Å²) in [5.74, 6) is 2.93. The molecule has 30 heavy (non-hydrogen) atoms. The maximum atomic E-state index is 5.48. The summed E-state index contributed by atoms with van der Waals surface area (Å²) in [5, 5.41) is 10.4. The van der Waals surface area contributed by atoms with Crippen LogP contribution in [0.15, 0.2) is 41.3 Å². The third-order valence-corrected chi connectivity index (χ3v) is 5.69. The van der Waals surface area contributed by atoms with Crippen molar-refractivity contribution in [2.24, 2.45) is 5.92 Å². The average Bonchev–Trinajstić information content (AvgIpc) is 3.34. The number of hydrogen-bond acceptors (Lipinski definition) is 8. The molecule has 4 heterocycles. The molecule has 156 valence electrons. The summed E-state index contributed by atoms with van der Waals surface area (Å²) in [4.78, 5) is 13.6. The molecular weight excluding hydrogens is 380 g/mol. The van der Waals surface area contributed by atoms with Gasteiger partial charge in [-0.25, -0.2) is 9.97 Å². The van der Waals surface area contributed by atoms with Gasteiger partial charge in [-0.1, -0.05) is 0 Å². The van der Waals surface area contributed by atoms with E-state index >= 15 is 0 Å². The molecule has 0 spiro atoms. The Hall–Kier alpha value is -2.97. The molecule has 1 aromatic carbocycles. The lowest BCUT2D eigenvalue weighted by Gasteiger charge is -2.25. The molecular formula is C22H26N6O2. The minimum Gasteiger partial charge on any atom is -0.444 e. The standard InChI is InChI=1S/C22H26N6O2/c1-3-17(4-2-16(1)20-13-24-14-30-20)26-22-27-19-5-8-23-12-18(19)21(28-22)25-11-15-6-9-29-10-7-15/h1-4,13-15,23H,5-12H2,(H2,25,26,27,28). The molecule has 2 aromatic heterocycles. The van der Waals surface area contributed by atoms with E-state index in [0.717, 1.165) is 80.6 Å². The van der Waals surface area contributed by atoms with Gasteiger partial charge in [0.15, 0.2) is 12.2 Å². The minimum absolute atomic E-state index is 0.623. The van der Waals surface area contributed by atoms with Crippen molar-refractivity contribution in [3.8, 4) is 11.3 Å². The van der Waals surface area contributed by atoms with E-state index in [1.807, 2.05) is 24.3 Å². The lowest BCUT2D eigenvalue weighted by Crippen LogP contribution is -2.28. The molecule has 0 radical (unpaired) electrons. The van der Waals surface area contributed by atoms with Crippen LogP contribution < -0.4 is 16.0 Å². The van der Waals surface area contributed by atoms with Crippen LogP contribution in [0.25, 0.3) is 11.3 Å². The Morgan fingerprint density at radius 2 is 1.97 bits per heavy atom. The molecule has 3 N–H and O–H groups in total. The number of nitrogens with one attached hydrogen (secondary N) is 3. The zero-order valence-electron chi connectivity index (χ0n) is 16.9. The van der Waals surface area contributed by atoms with Gasteiger partial charge in [0, 0.05) is 56.1 Å². The highest BCUT2D eigenvalue weighted by molar-refractivity contribution is 5.64. The Balaban J connectivity index is 1.34. The molecule has 0 bridgehead atoms. The first kappa shape index (κ1) is 19.0. The summed E-state index contributed by atoms with van der Waals surface area (Å²) < 4.78 is 10.8. The molecule has 0 saturated carbocycles. The van der Waals surface area contributed by atoms with Crippen LogP contribution in [0, 0.1) is 5.92 Å². The zero-order valence-corrected chi connectivity index (χ0v) is 16.9. The van der Waals surface area contributed by atoms with Gasteiger partial charge in [0.05, 0.1) is 11.9 Å². The first-order valence-electron chi connectivity index (χ1n) is 10.5. The maximum absolute atomic E-state index is 5.48. The minimum atomic E-state index is 0.623. The summed E-state index contributed by atoms with van der Waals surface area (Å²) in [6, 6.07) is 7.99. The fraction of sp³-hybridized carbons (Fsp3) is 0.409. The van der Waals surface area contributed by atoms with Gasteiger partial charge in [0.2, 0.25) is 5.95 Å². The van der Waals surface area contributed by atoms with Crippen molar-refractivity contribution in [2.45, 2.75) is 25.8 Å². The number of benzene rings is 1. The Kier molecular flexibility index (Phi) is 5.58. The second-order valence-corrected chi connectivity index (χ2v) is 7.75. The molecule has 0 aliphatic carbocycles. The first-order valence-corrected chi connectivity index (χ1v) is 10.5. The molecule has 1 fully saturated rings. The predicted octanol–water partition coefficient (Wildman–Crippen LogP) is 3.36. The van der Waals surface area contributed by atoms with Crippen molar-refractivity contribution in [1.82, 2.24) is 20.3 Å². The van der Waals surface area contributed by atoms with Crippen LogP contribution in [-0.2, 0) is 17.7 Å². The highest BCUT2D eigenvalue weighted by atomic mass is 16.5. The largest absolute Gasteiger partial charge is 0.444 e. The summed E-state index contributed by atoms with van der Waals surface area (Å²) >= 11 is 0. The van der Waals surface area contributed by atoms with Crippen LogP contribution in [0.5, 0.6) is 0 Å². The van der Waals surface area contributed by atoms with Crippen LogP contribution in [0.1, 0.15) is 24.1 Å². The van der Waals surface area contributed by atoms with Gasteiger partial charge in [-0.15, -0.1) is 0 Å². The number of aromatic nitrogens is 3. The lowest BCUT2D eigenvalue weighted by atomic mass is 10.0. The Bertz CT molecular complexity index is 968. The van der Waals surface area contributed by atoms with E-state index in [1.165, 1.54) is 12.0 Å². The number of hydrogen-bond donors (Lipinski definition) is 3. The fourth-order valence-electron chi connectivity index (χ4n) is 3.94. The Labute approximate surface area is 175 Å². The number of nitrogens with zero attached hydrogens (tertiary/aromatic N) is 3. The molecule has 5 rings (SSSR count). The highest BCUT2D eigenvalue weighted by Gasteiger charge is 2.20. The quantitative estimate of drug-likeness (QED) is 0.573. The molecule has 8 nitrogen and oxygen atoms in total. The molecule has 3 aromatic rings. The smallest absolute Gasteiger partial charge is 0.229 e. The van der Waals surface area contributed by atoms with E-state index in [2.05, 4.69) is 20.9 Å². The van der Waals surface area contributed by atoms with Crippen LogP contribution >= 0.6 is 0 Å². The SMILES string of the molecule is c1ncc(-c2ccc(Nc3nc4c(c(NCC5CCOCC5)n3)CNCC4)cc2)o1. The zero-order chi connectivity index (χ0) is 20.2. The van der Waals surface area contributed by atoms with E-state index in [-0.39, 0.29) is 0 Å². The highest BCUT2D eigenvalue weighted by Crippen LogP contribution is 2.26. The lowest BCUT2D eigenvalue weighted by molar-refractivity contribution is 0.0699. The van der Waals surface area contributed by atoms with Crippen LogP contribution in [0.2, 0.25) is 0 Å². The van der Waals surface area contributed by atoms with Gasteiger partial charge in [-0.3, -0.25) is 0 Å². The number of ether oxygens (including phenoxy) is 1. The van der Waals surface area contributed by atoms with Crippen LogP contribution in [0.4, 0.5) is 17.5 Å². The second-order valence-electron chi connectivity index (χ2n) is 7.75.